The Morgan fingerprint density at radius 3 is 2.52 bits per heavy atom. The Hall–Kier alpha value is -1.56. The van der Waals surface area contributed by atoms with Gasteiger partial charge < -0.3 is 20.1 Å². The van der Waals surface area contributed by atoms with Crippen molar-refractivity contribution >= 4 is 5.96 Å². The molecule has 0 aliphatic rings. The molecule has 120 valence electrons. The SMILES string of the molecule is CN=C(NCc1cc(C(C)C)no1)NCC(C)(C)N(C)C. The maximum absolute atomic E-state index is 5.30. The van der Waals surface area contributed by atoms with Crippen molar-refractivity contribution in [3.63, 3.8) is 0 Å². The lowest BCUT2D eigenvalue weighted by Crippen LogP contribution is -2.50. The average molecular weight is 295 g/mol. The van der Waals surface area contributed by atoms with Crippen molar-refractivity contribution in [3.8, 4) is 0 Å². The molecule has 1 aromatic heterocycles. The molecule has 1 rings (SSSR count). The van der Waals surface area contributed by atoms with Gasteiger partial charge in [0, 0.05) is 25.2 Å². The zero-order chi connectivity index (χ0) is 16.0. The Labute approximate surface area is 128 Å². The maximum atomic E-state index is 5.30. The zero-order valence-electron chi connectivity index (χ0n) is 14.3. The van der Waals surface area contributed by atoms with Gasteiger partial charge in [-0.2, -0.15) is 0 Å². The summed E-state index contributed by atoms with van der Waals surface area (Å²) in [6, 6.07) is 1.98. The highest BCUT2D eigenvalue weighted by Crippen LogP contribution is 2.13. The van der Waals surface area contributed by atoms with Gasteiger partial charge in [-0.05, 0) is 33.9 Å². The van der Waals surface area contributed by atoms with Crippen molar-refractivity contribution in [2.24, 2.45) is 4.99 Å². The molecule has 2 N–H and O–H groups in total. The summed E-state index contributed by atoms with van der Waals surface area (Å²) in [7, 11) is 5.90. The van der Waals surface area contributed by atoms with Gasteiger partial charge in [-0.15, -0.1) is 0 Å². The van der Waals surface area contributed by atoms with Gasteiger partial charge in [0.1, 0.15) is 0 Å². The normalized spacial score (nSPS) is 13.1. The molecule has 1 heterocycles. The van der Waals surface area contributed by atoms with Gasteiger partial charge in [-0.3, -0.25) is 4.99 Å². The van der Waals surface area contributed by atoms with Crippen molar-refractivity contribution in [3.05, 3.63) is 17.5 Å². The Morgan fingerprint density at radius 2 is 2.05 bits per heavy atom. The number of nitrogens with one attached hydrogen (secondary N) is 2. The van der Waals surface area contributed by atoms with Crippen LogP contribution in [0.15, 0.2) is 15.6 Å². The number of nitrogens with zero attached hydrogens (tertiary/aromatic N) is 3. The summed E-state index contributed by atoms with van der Waals surface area (Å²) in [4.78, 5) is 6.40. The molecule has 1 aromatic rings. The van der Waals surface area contributed by atoms with E-state index in [9.17, 15) is 0 Å². The van der Waals surface area contributed by atoms with Crippen LogP contribution in [-0.4, -0.2) is 49.2 Å². The minimum atomic E-state index is 0.0503. The third-order valence-corrected chi connectivity index (χ3v) is 3.72. The van der Waals surface area contributed by atoms with E-state index in [4.69, 9.17) is 4.52 Å². The van der Waals surface area contributed by atoms with E-state index < -0.39 is 0 Å². The molecule has 0 aliphatic carbocycles. The standard InChI is InChI=1S/C15H29N5O/c1-11(2)13-8-12(21-19-13)9-17-14(16-5)18-10-15(3,4)20(6)7/h8,11H,9-10H2,1-7H3,(H2,16,17,18). The molecule has 0 aromatic carbocycles. The van der Waals surface area contributed by atoms with Crippen molar-refractivity contribution in [1.29, 1.82) is 0 Å². The molecule has 0 unspecified atom stereocenters. The van der Waals surface area contributed by atoms with Crippen LogP contribution in [0, 0.1) is 0 Å². The molecule has 0 saturated heterocycles. The van der Waals surface area contributed by atoms with Gasteiger partial charge in [0.2, 0.25) is 0 Å². The van der Waals surface area contributed by atoms with Crippen LogP contribution in [0.1, 0.15) is 45.1 Å². The van der Waals surface area contributed by atoms with Gasteiger partial charge in [0.05, 0.1) is 12.2 Å². The molecular formula is C15H29N5O. The molecule has 0 bridgehead atoms. The van der Waals surface area contributed by atoms with E-state index in [0.717, 1.165) is 24.0 Å². The molecule has 0 atom stereocenters. The minimum Gasteiger partial charge on any atom is -0.359 e. The van der Waals surface area contributed by atoms with Gasteiger partial charge in [0.15, 0.2) is 11.7 Å². The highest BCUT2D eigenvalue weighted by Gasteiger charge is 2.20. The first-order valence-corrected chi connectivity index (χ1v) is 7.33. The van der Waals surface area contributed by atoms with Gasteiger partial charge in [0.25, 0.3) is 0 Å². The van der Waals surface area contributed by atoms with Gasteiger partial charge in [-0.25, -0.2) is 0 Å². The van der Waals surface area contributed by atoms with Crippen molar-refractivity contribution in [2.45, 2.75) is 45.7 Å². The number of aliphatic imine (C=N–C) groups is 1. The molecule has 0 amide bonds. The topological polar surface area (TPSA) is 65.7 Å². The number of likely N-dealkylation sites (N-methyl/N-ethyl adjacent to an activating group) is 1. The molecule has 6 heteroatoms. The highest BCUT2D eigenvalue weighted by molar-refractivity contribution is 5.79. The monoisotopic (exact) mass is 295 g/mol. The quantitative estimate of drug-likeness (QED) is 0.619. The van der Waals surface area contributed by atoms with Gasteiger partial charge >= 0.3 is 0 Å². The number of guanidine groups is 1. The second-order valence-corrected chi connectivity index (χ2v) is 6.36. The Bertz CT molecular complexity index is 462. The molecule has 0 fully saturated rings. The lowest BCUT2D eigenvalue weighted by molar-refractivity contribution is 0.197. The molecule has 0 aliphatic heterocycles. The van der Waals surface area contributed by atoms with Crippen LogP contribution in [0.3, 0.4) is 0 Å². The summed E-state index contributed by atoms with van der Waals surface area (Å²) in [5.74, 6) is 1.95. The van der Waals surface area contributed by atoms with Crippen molar-refractivity contribution < 1.29 is 4.52 Å². The summed E-state index contributed by atoms with van der Waals surface area (Å²) >= 11 is 0. The molecule has 0 saturated carbocycles. The van der Waals surface area contributed by atoms with Crippen LogP contribution < -0.4 is 10.6 Å². The largest absolute Gasteiger partial charge is 0.359 e. The molecule has 0 spiro atoms. The first-order chi connectivity index (χ1) is 9.76. The number of rotatable bonds is 6. The molecule has 0 radical (unpaired) electrons. The number of aromatic nitrogens is 1. The molecular weight excluding hydrogens is 266 g/mol. The highest BCUT2D eigenvalue weighted by atomic mass is 16.5. The van der Waals surface area contributed by atoms with Gasteiger partial charge in [-0.1, -0.05) is 19.0 Å². The third kappa shape index (κ3) is 5.38. The fraction of sp³-hybridized carbons (Fsp3) is 0.733. The second-order valence-electron chi connectivity index (χ2n) is 6.36. The van der Waals surface area contributed by atoms with E-state index in [1.54, 1.807) is 7.05 Å². The fourth-order valence-corrected chi connectivity index (χ4v) is 1.53. The van der Waals surface area contributed by atoms with E-state index in [-0.39, 0.29) is 5.54 Å². The fourth-order valence-electron chi connectivity index (χ4n) is 1.53. The van der Waals surface area contributed by atoms with E-state index in [1.165, 1.54) is 0 Å². The summed E-state index contributed by atoms with van der Waals surface area (Å²) in [5.41, 5.74) is 1.03. The van der Waals surface area contributed by atoms with E-state index in [1.807, 2.05) is 6.07 Å². The molecule has 6 nitrogen and oxygen atoms in total. The zero-order valence-corrected chi connectivity index (χ0v) is 14.3. The van der Waals surface area contributed by atoms with Crippen LogP contribution in [-0.2, 0) is 6.54 Å². The Kier molecular flexibility index (Phi) is 6.20. The first kappa shape index (κ1) is 17.5. The van der Waals surface area contributed by atoms with Crippen molar-refractivity contribution in [2.75, 3.05) is 27.7 Å². The van der Waals surface area contributed by atoms with Crippen LogP contribution in [0.2, 0.25) is 0 Å². The average Bonchev–Trinajstić information content (AvgIpc) is 2.87. The smallest absolute Gasteiger partial charge is 0.191 e. The van der Waals surface area contributed by atoms with Crippen LogP contribution in [0.5, 0.6) is 0 Å². The third-order valence-electron chi connectivity index (χ3n) is 3.72. The predicted octanol–water partition coefficient (Wildman–Crippen LogP) is 1.80. The van der Waals surface area contributed by atoms with E-state index >= 15 is 0 Å². The van der Waals surface area contributed by atoms with Crippen molar-refractivity contribution in [1.82, 2.24) is 20.7 Å². The minimum absolute atomic E-state index is 0.0503. The lowest BCUT2D eigenvalue weighted by Gasteiger charge is -2.33. The predicted molar refractivity (Wildman–Crippen MR) is 86.6 cm³/mol. The first-order valence-electron chi connectivity index (χ1n) is 7.33. The lowest BCUT2D eigenvalue weighted by atomic mass is 10.0. The Balaban J connectivity index is 2.48. The van der Waals surface area contributed by atoms with Crippen LogP contribution >= 0.6 is 0 Å². The van der Waals surface area contributed by atoms with E-state index in [0.29, 0.717) is 12.5 Å². The van der Waals surface area contributed by atoms with Crippen LogP contribution in [0.25, 0.3) is 0 Å². The number of hydrogen-bond acceptors (Lipinski definition) is 4. The second kappa shape index (κ2) is 7.45. The summed E-state index contributed by atoms with van der Waals surface area (Å²) in [6.07, 6.45) is 0. The summed E-state index contributed by atoms with van der Waals surface area (Å²) in [5, 5.41) is 10.6. The molecule has 21 heavy (non-hydrogen) atoms. The number of hydrogen-bond donors (Lipinski definition) is 2. The Morgan fingerprint density at radius 1 is 1.38 bits per heavy atom. The van der Waals surface area contributed by atoms with Crippen LogP contribution in [0.4, 0.5) is 0 Å². The van der Waals surface area contributed by atoms with E-state index in [2.05, 4.69) is 67.5 Å². The maximum Gasteiger partial charge on any atom is 0.191 e. The summed E-state index contributed by atoms with van der Waals surface area (Å²) in [6.45, 7) is 9.92. The summed E-state index contributed by atoms with van der Waals surface area (Å²) < 4.78 is 5.30.